The number of carbonyl (C=O) groups is 1. The Hall–Kier alpha value is -2.61. The molecular weight excluding hydrogens is 336 g/mol. The highest BCUT2D eigenvalue weighted by Crippen LogP contribution is 2.34. The van der Waals surface area contributed by atoms with E-state index in [9.17, 15) is 4.79 Å². The van der Waals surface area contributed by atoms with Gasteiger partial charge in [0.15, 0.2) is 22.8 Å². The predicted octanol–water partition coefficient (Wildman–Crippen LogP) is 1.59. The van der Waals surface area contributed by atoms with Gasteiger partial charge in [0.25, 0.3) is 5.91 Å². The quantitative estimate of drug-likeness (QED) is 0.893. The molecular formula is C18H22N4O4. The van der Waals surface area contributed by atoms with Crippen LogP contribution in [0.1, 0.15) is 36.3 Å². The third-order valence-electron chi connectivity index (χ3n) is 4.67. The van der Waals surface area contributed by atoms with Crippen molar-refractivity contribution in [1.82, 2.24) is 20.3 Å². The first-order valence-corrected chi connectivity index (χ1v) is 8.82. The Morgan fingerprint density at radius 1 is 1.31 bits per heavy atom. The van der Waals surface area contributed by atoms with Crippen molar-refractivity contribution in [3.8, 4) is 11.5 Å². The van der Waals surface area contributed by atoms with Crippen LogP contribution < -0.4 is 14.8 Å². The summed E-state index contributed by atoms with van der Waals surface area (Å²) >= 11 is 0. The van der Waals surface area contributed by atoms with Crippen LogP contribution in [-0.4, -0.2) is 52.9 Å². The largest absolute Gasteiger partial charge is 0.485 e. The third kappa shape index (κ3) is 3.50. The Morgan fingerprint density at radius 3 is 2.88 bits per heavy atom. The zero-order valence-electron chi connectivity index (χ0n) is 14.7. The Labute approximate surface area is 151 Å². The summed E-state index contributed by atoms with van der Waals surface area (Å²) in [5, 5.41) is 11.0. The van der Waals surface area contributed by atoms with Crippen LogP contribution >= 0.6 is 0 Å². The van der Waals surface area contributed by atoms with E-state index in [1.165, 1.54) is 0 Å². The maximum absolute atomic E-state index is 12.4. The van der Waals surface area contributed by atoms with Gasteiger partial charge in [0, 0.05) is 13.2 Å². The topological polar surface area (TPSA) is 87.5 Å². The second kappa shape index (κ2) is 6.95. The molecule has 3 heterocycles. The SMILES string of the molecule is CC1(CNC(=O)c2cn(C3CCOCC3)nn2)COc2ccccc2O1. The van der Waals surface area contributed by atoms with Gasteiger partial charge in [-0.15, -0.1) is 5.10 Å². The molecule has 0 bridgehead atoms. The summed E-state index contributed by atoms with van der Waals surface area (Å²) in [7, 11) is 0. The molecule has 0 spiro atoms. The molecule has 0 aliphatic carbocycles. The molecule has 2 aliphatic heterocycles. The third-order valence-corrected chi connectivity index (χ3v) is 4.67. The standard InChI is InChI=1S/C18H22N4O4/c1-18(12-25-15-4-2-3-5-16(15)26-18)11-19-17(23)14-10-22(21-20-14)13-6-8-24-9-7-13/h2-5,10,13H,6-9,11-12H2,1H3,(H,19,23). The number of rotatable bonds is 4. The van der Waals surface area contributed by atoms with E-state index in [-0.39, 0.29) is 11.9 Å². The molecule has 1 saturated heterocycles. The molecule has 1 aromatic heterocycles. The molecule has 4 rings (SSSR count). The number of nitrogens with one attached hydrogen (secondary N) is 1. The summed E-state index contributed by atoms with van der Waals surface area (Å²) in [5.41, 5.74) is -0.335. The fourth-order valence-electron chi connectivity index (χ4n) is 3.13. The van der Waals surface area contributed by atoms with Gasteiger partial charge in [0.05, 0.1) is 18.8 Å². The molecule has 0 saturated carbocycles. The zero-order chi connectivity index (χ0) is 18.0. The average molecular weight is 358 g/mol. The summed E-state index contributed by atoms with van der Waals surface area (Å²) in [6, 6.07) is 7.74. The lowest BCUT2D eigenvalue weighted by molar-refractivity contribution is 0.00720. The van der Waals surface area contributed by atoms with Gasteiger partial charge < -0.3 is 19.5 Å². The summed E-state index contributed by atoms with van der Waals surface area (Å²) in [4.78, 5) is 12.4. The molecule has 0 radical (unpaired) electrons. The van der Waals surface area contributed by atoms with Gasteiger partial charge in [-0.25, -0.2) is 4.68 Å². The van der Waals surface area contributed by atoms with Crippen molar-refractivity contribution >= 4 is 5.91 Å². The summed E-state index contributed by atoms with van der Waals surface area (Å²) < 4.78 is 18.9. The lowest BCUT2D eigenvalue weighted by atomic mass is 10.1. The number of para-hydroxylation sites is 2. The number of hydrogen-bond acceptors (Lipinski definition) is 6. The average Bonchev–Trinajstić information content (AvgIpc) is 3.17. The second-order valence-electron chi connectivity index (χ2n) is 6.90. The van der Waals surface area contributed by atoms with E-state index in [0.29, 0.717) is 37.8 Å². The Bertz CT molecular complexity index is 787. The molecule has 1 N–H and O–H groups in total. The lowest BCUT2D eigenvalue weighted by Crippen LogP contribution is -2.51. The molecule has 138 valence electrons. The molecule has 2 aliphatic rings. The van der Waals surface area contributed by atoms with Crippen LogP contribution in [0.2, 0.25) is 0 Å². The molecule has 2 aromatic rings. The number of hydrogen-bond donors (Lipinski definition) is 1. The van der Waals surface area contributed by atoms with Crippen LogP contribution in [0.5, 0.6) is 11.5 Å². The first kappa shape index (κ1) is 16.8. The van der Waals surface area contributed by atoms with E-state index in [4.69, 9.17) is 14.2 Å². The number of fused-ring (bicyclic) bond motifs is 1. The lowest BCUT2D eigenvalue weighted by Gasteiger charge is -2.35. The summed E-state index contributed by atoms with van der Waals surface area (Å²) in [5.74, 6) is 1.13. The van der Waals surface area contributed by atoms with E-state index in [1.807, 2.05) is 31.2 Å². The highest BCUT2D eigenvalue weighted by molar-refractivity contribution is 5.91. The van der Waals surface area contributed by atoms with E-state index in [1.54, 1.807) is 10.9 Å². The monoisotopic (exact) mass is 358 g/mol. The second-order valence-corrected chi connectivity index (χ2v) is 6.90. The number of nitrogens with zero attached hydrogens (tertiary/aromatic N) is 3. The van der Waals surface area contributed by atoms with Crippen molar-refractivity contribution < 1.29 is 19.0 Å². The van der Waals surface area contributed by atoms with Crippen molar-refractivity contribution in [1.29, 1.82) is 0 Å². The van der Waals surface area contributed by atoms with Crippen molar-refractivity contribution in [3.63, 3.8) is 0 Å². The normalized spacial score (nSPS) is 22.8. The van der Waals surface area contributed by atoms with Gasteiger partial charge in [-0.2, -0.15) is 0 Å². The van der Waals surface area contributed by atoms with Crippen molar-refractivity contribution in [2.75, 3.05) is 26.4 Å². The molecule has 8 heteroatoms. The smallest absolute Gasteiger partial charge is 0.273 e. The van der Waals surface area contributed by atoms with Gasteiger partial charge in [-0.1, -0.05) is 17.3 Å². The maximum atomic E-state index is 12.4. The van der Waals surface area contributed by atoms with Gasteiger partial charge in [-0.05, 0) is 31.9 Å². The Kier molecular flexibility index (Phi) is 4.50. The Balaban J connectivity index is 1.36. The number of carbonyl (C=O) groups excluding carboxylic acids is 1. The zero-order valence-corrected chi connectivity index (χ0v) is 14.7. The van der Waals surface area contributed by atoms with Crippen LogP contribution in [0.25, 0.3) is 0 Å². The van der Waals surface area contributed by atoms with Crippen molar-refractivity contribution in [2.24, 2.45) is 0 Å². The highest BCUT2D eigenvalue weighted by Gasteiger charge is 2.33. The van der Waals surface area contributed by atoms with Crippen molar-refractivity contribution in [2.45, 2.75) is 31.4 Å². The molecule has 1 amide bonds. The molecule has 1 fully saturated rings. The van der Waals surface area contributed by atoms with Crippen LogP contribution in [0.4, 0.5) is 0 Å². The minimum Gasteiger partial charge on any atom is -0.485 e. The number of aromatic nitrogens is 3. The summed E-state index contributed by atoms with van der Waals surface area (Å²) in [6.45, 7) is 4.00. The molecule has 1 aromatic carbocycles. The molecule has 1 unspecified atom stereocenters. The molecule has 26 heavy (non-hydrogen) atoms. The molecule has 1 atom stereocenters. The van der Waals surface area contributed by atoms with Gasteiger partial charge >= 0.3 is 0 Å². The van der Waals surface area contributed by atoms with Crippen LogP contribution in [0.15, 0.2) is 30.5 Å². The maximum Gasteiger partial charge on any atom is 0.273 e. The minimum absolute atomic E-state index is 0.238. The fraction of sp³-hybridized carbons (Fsp3) is 0.500. The van der Waals surface area contributed by atoms with Gasteiger partial charge in [-0.3, -0.25) is 4.79 Å². The van der Waals surface area contributed by atoms with Crippen LogP contribution in [-0.2, 0) is 4.74 Å². The number of benzene rings is 1. The van der Waals surface area contributed by atoms with Gasteiger partial charge in [0.2, 0.25) is 0 Å². The number of amides is 1. The molecule has 8 nitrogen and oxygen atoms in total. The van der Waals surface area contributed by atoms with E-state index in [0.717, 1.165) is 18.6 Å². The van der Waals surface area contributed by atoms with Crippen LogP contribution in [0.3, 0.4) is 0 Å². The van der Waals surface area contributed by atoms with E-state index >= 15 is 0 Å². The predicted molar refractivity (Wildman–Crippen MR) is 92.4 cm³/mol. The van der Waals surface area contributed by atoms with Crippen molar-refractivity contribution in [3.05, 3.63) is 36.2 Å². The minimum atomic E-state index is -0.638. The Morgan fingerprint density at radius 2 is 2.08 bits per heavy atom. The van der Waals surface area contributed by atoms with E-state index in [2.05, 4.69) is 15.6 Å². The van der Waals surface area contributed by atoms with E-state index < -0.39 is 5.60 Å². The first-order chi connectivity index (χ1) is 12.6. The first-order valence-electron chi connectivity index (χ1n) is 8.82. The summed E-state index contributed by atoms with van der Waals surface area (Å²) in [6.07, 6.45) is 3.46. The van der Waals surface area contributed by atoms with Crippen LogP contribution in [0, 0.1) is 0 Å². The van der Waals surface area contributed by atoms with Gasteiger partial charge in [0.1, 0.15) is 6.61 Å². The number of ether oxygens (including phenoxy) is 3. The highest BCUT2D eigenvalue weighted by atomic mass is 16.6. The fourth-order valence-corrected chi connectivity index (χ4v) is 3.13.